The van der Waals surface area contributed by atoms with Crippen molar-refractivity contribution in [1.82, 2.24) is 20.0 Å². The number of aromatic nitrogens is 2. The van der Waals surface area contributed by atoms with Crippen molar-refractivity contribution in [1.29, 1.82) is 0 Å². The Morgan fingerprint density at radius 2 is 1.92 bits per heavy atom. The first-order valence-corrected chi connectivity index (χ1v) is 8.80. The zero-order chi connectivity index (χ0) is 18.5. The monoisotopic (exact) mass is 356 g/mol. The fourth-order valence-corrected chi connectivity index (χ4v) is 3.01. The number of amides is 2. The summed E-state index contributed by atoms with van der Waals surface area (Å²) in [5.74, 6) is -0.293. The molecule has 0 radical (unpaired) electrons. The SMILES string of the molecule is Cc1cc(C(=O)N2CCOCC2)n(CC(=O)N[C@@H](C)c2ccccc2)n1. The molecule has 1 aliphatic rings. The van der Waals surface area contributed by atoms with Crippen molar-refractivity contribution in [2.75, 3.05) is 26.3 Å². The van der Waals surface area contributed by atoms with Crippen molar-refractivity contribution >= 4 is 11.8 Å². The number of nitrogens with zero attached hydrogens (tertiary/aromatic N) is 3. The highest BCUT2D eigenvalue weighted by Crippen LogP contribution is 2.12. The van der Waals surface area contributed by atoms with E-state index in [0.29, 0.717) is 37.7 Å². The molecule has 7 nitrogen and oxygen atoms in total. The predicted molar refractivity (Wildman–Crippen MR) is 96.7 cm³/mol. The van der Waals surface area contributed by atoms with Gasteiger partial charge in [-0.25, -0.2) is 0 Å². The summed E-state index contributed by atoms with van der Waals surface area (Å²) in [5.41, 5.74) is 2.18. The van der Waals surface area contributed by atoms with Gasteiger partial charge in [0.15, 0.2) is 0 Å². The first-order valence-electron chi connectivity index (χ1n) is 8.80. The van der Waals surface area contributed by atoms with Gasteiger partial charge in [0.25, 0.3) is 5.91 Å². The van der Waals surface area contributed by atoms with Crippen LogP contribution in [0, 0.1) is 6.92 Å². The molecule has 0 unspecified atom stereocenters. The van der Waals surface area contributed by atoms with Crippen molar-refractivity contribution in [3.63, 3.8) is 0 Å². The number of nitrogens with one attached hydrogen (secondary N) is 1. The molecule has 1 aromatic carbocycles. The van der Waals surface area contributed by atoms with Crippen LogP contribution in [-0.4, -0.2) is 52.8 Å². The molecule has 1 fully saturated rings. The van der Waals surface area contributed by atoms with E-state index in [0.717, 1.165) is 5.56 Å². The molecule has 1 N–H and O–H groups in total. The van der Waals surface area contributed by atoms with Crippen LogP contribution < -0.4 is 5.32 Å². The molecule has 2 amide bonds. The van der Waals surface area contributed by atoms with E-state index >= 15 is 0 Å². The number of carbonyl (C=O) groups is 2. The molecule has 3 rings (SSSR count). The van der Waals surface area contributed by atoms with E-state index in [1.165, 1.54) is 4.68 Å². The summed E-state index contributed by atoms with van der Waals surface area (Å²) in [6.07, 6.45) is 0. The highest BCUT2D eigenvalue weighted by molar-refractivity contribution is 5.93. The second kappa shape index (κ2) is 8.14. The van der Waals surface area contributed by atoms with E-state index in [2.05, 4.69) is 10.4 Å². The topological polar surface area (TPSA) is 76.5 Å². The van der Waals surface area contributed by atoms with Gasteiger partial charge < -0.3 is 15.0 Å². The van der Waals surface area contributed by atoms with E-state index in [4.69, 9.17) is 4.74 Å². The molecule has 1 saturated heterocycles. The van der Waals surface area contributed by atoms with Crippen LogP contribution in [0.1, 0.15) is 34.7 Å². The Balaban J connectivity index is 1.67. The second-order valence-corrected chi connectivity index (χ2v) is 6.43. The van der Waals surface area contributed by atoms with E-state index in [1.54, 1.807) is 11.0 Å². The van der Waals surface area contributed by atoms with Crippen LogP contribution >= 0.6 is 0 Å². The average molecular weight is 356 g/mol. The molecular formula is C19H24N4O3. The molecule has 2 heterocycles. The minimum Gasteiger partial charge on any atom is -0.378 e. The maximum atomic E-state index is 12.7. The Labute approximate surface area is 152 Å². The van der Waals surface area contributed by atoms with Crippen LogP contribution in [0.15, 0.2) is 36.4 Å². The lowest BCUT2D eigenvalue weighted by Crippen LogP contribution is -2.42. The van der Waals surface area contributed by atoms with Crippen LogP contribution in [0.25, 0.3) is 0 Å². The van der Waals surface area contributed by atoms with Gasteiger partial charge in [0.1, 0.15) is 12.2 Å². The summed E-state index contributed by atoms with van der Waals surface area (Å²) in [6, 6.07) is 11.4. The van der Waals surface area contributed by atoms with Gasteiger partial charge in [-0.1, -0.05) is 30.3 Å². The molecule has 2 aromatic rings. The summed E-state index contributed by atoms with van der Waals surface area (Å²) < 4.78 is 6.78. The van der Waals surface area contributed by atoms with Crippen LogP contribution in [0.5, 0.6) is 0 Å². The lowest BCUT2D eigenvalue weighted by Gasteiger charge is -2.26. The Kier molecular flexibility index (Phi) is 5.68. The molecule has 1 aliphatic heterocycles. The van der Waals surface area contributed by atoms with Gasteiger partial charge >= 0.3 is 0 Å². The van der Waals surface area contributed by atoms with Crippen LogP contribution in [0.4, 0.5) is 0 Å². The Hall–Kier alpha value is -2.67. The predicted octanol–water partition coefficient (Wildman–Crippen LogP) is 1.54. The molecule has 0 bridgehead atoms. The largest absolute Gasteiger partial charge is 0.378 e. The van der Waals surface area contributed by atoms with Crippen molar-refractivity contribution < 1.29 is 14.3 Å². The van der Waals surface area contributed by atoms with E-state index in [1.807, 2.05) is 44.2 Å². The molecule has 1 atom stereocenters. The number of ether oxygens (including phenoxy) is 1. The zero-order valence-corrected chi connectivity index (χ0v) is 15.1. The van der Waals surface area contributed by atoms with Crippen molar-refractivity contribution in [3.05, 3.63) is 53.3 Å². The molecule has 138 valence electrons. The Morgan fingerprint density at radius 3 is 2.62 bits per heavy atom. The fraction of sp³-hybridized carbons (Fsp3) is 0.421. The number of hydrogen-bond acceptors (Lipinski definition) is 4. The minimum absolute atomic E-state index is 0.0103. The highest BCUT2D eigenvalue weighted by Gasteiger charge is 2.23. The van der Waals surface area contributed by atoms with Gasteiger partial charge in [-0.05, 0) is 25.5 Å². The molecule has 0 spiro atoms. The number of hydrogen-bond donors (Lipinski definition) is 1. The molecule has 0 saturated carbocycles. The fourth-order valence-electron chi connectivity index (χ4n) is 3.01. The lowest BCUT2D eigenvalue weighted by molar-refractivity contribution is -0.122. The van der Waals surface area contributed by atoms with Crippen molar-refractivity contribution in [2.45, 2.75) is 26.4 Å². The first-order chi connectivity index (χ1) is 12.5. The number of aryl methyl sites for hydroxylation is 1. The van der Waals surface area contributed by atoms with E-state index in [-0.39, 0.29) is 24.4 Å². The smallest absolute Gasteiger partial charge is 0.272 e. The Morgan fingerprint density at radius 1 is 1.23 bits per heavy atom. The number of carbonyl (C=O) groups excluding carboxylic acids is 2. The van der Waals surface area contributed by atoms with Gasteiger partial charge in [0.2, 0.25) is 5.91 Å². The lowest BCUT2D eigenvalue weighted by atomic mass is 10.1. The van der Waals surface area contributed by atoms with Gasteiger partial charge in [0, 0.05) is 13.1 Å². The third kappa shape index (κ3) is 4.29. The maximum absolute atomic E-state index is 12.7. The van der Waals surface area contributed by atoms with Crippen LogP contribution in [0.2, 0.25) is 0 Å². The molecule has 26 heavy (non-hydrogen) atoms. The summed E-state index contributed by atoms with van der Waals surface area (Å²) in [7, 11) is 0. The van der Waals surface area contributed by atoms with E-state index < -0.39 is 0 Å². The average Bonchev–Trinajstić information content (AvgIpc) is 3.02. The van der Waals surface area contributed by atoms with Gasteiger partial charge in [-0.3, -0.25) is 14.3 Å². The Bertz CT molecular complexity index is 766. The maximum Gasteiger partial charge on any atom is 0.272 e. The number of rotatable bonds is 5. The standard InChI is InChI=1S/C19H24N4O3/c1-14-12-17(19(25)22-8-10-26-11-9-22)23(21-14)13-18(24)20-15(2)16-6-4-3-5-7-16/h3-7,12,15H,8-11,13H2,1-2H3,(H,20,24)/t15-/m0/s1. The third-order valence-corrected chi connectivity index (χ3v) is 4.39. The van der Waals surface area contributed by atoms with Gasteiger partial charge in [-0.2, -0.15) is 5.10 Å². The zero-order valence-electron chi connectivity index (χ0n) is 15.1. The minimum atomic E-state index is -0.180. The normalized spacial score (nSPS) is 15.5. The van der Waals surface area contributed by atoms with E-state index in [9.17, 15) is 9.59 Å². The van der Waals surface area contributed by atoms with Crippen molar-refractivity contribution in [3.8, 4) is 0 Å². The number of benzene rings is 1. The van der Waals surface area contributed by atoms with Crippen molar-refractivity contribution in [2.24, 2.45) is 0 Å². The third-order valence-electron chi connectivity index (χ3n) is 4.39. The summed E-state index contributed by atoms with van der Waals surface area (Å²) >= 11 is 0. The summed E-state index contributed by atoms with van der Waals surface area (Å²) in [5, 5.41) is 7.28. The molecule has 1 aromatic heterocycles. The highest BCUT2D eigenvalue weighted by atomic mass is 16.5. The summed E-state index contributed by atoms with van der Waals surface area (Å²) in [6.45, 7) is 5.94. The quantitative estimate of drug-likeness (QED) is 0.882. The second-order valence-electron chi connectivity index (χ2n) is 6.43. The van der Waals surface area contributed by atoms with Crippen LogP contribution in [-0.2, 0) is 16.1 Å². The molecule has 0 aliphatic carbocycles. The van der Waals surface area contributed by atoms with Gasteiger partial charge in [0.05, 0.1) is 24.9 Å². The summed E-state index contributed by atoms with van der Waals surface area (Å²) in [4.78, 5) is 26.9. The van der Waals surface area contributed by atoms with Gasteiger partial charge in [-0.15, -0.1) is 0 Å². The molecular weight excluding hydrogens is 332 g/mol. The van der Waals surface area contributed by atoms with Crippen LogP contribution in [0.3, 0.4) is 0 Å². The number of morpholine rings is 1. The first kappa shape index (κ1) is 18.1. The molecule has 7 heteroatoms.